The Morgan fingerprint density at radius 2 is 2.16 bits per heavy atom. The highest BCUT2D eigenvalue weighted by atomic mass is 32.2. The van der Waals surface area contributed by atoms with Gasteiger partial charge in [-0.25, -0.2) is 28.3 Å². The number of primary sulfonamides is 1. The standard InChI is InChI=1S/C16H25N5O3S/c1-11-13-3-2-4-14(13)20-15(19-11)5-7-18-16(22)21-8-6-12(9-21)10-25(17,23)24/h12H,2-10H2,1H3,(H,18,22)(H2,17,23,24)/t12-/m0/s1. The minimum absolute atomic E-state index is 0.0704. The highest BCUT2D eigenvalue weighted by molar-refractivity contribution is 7.89. The number of carbonyl (C=O) groups is 1. The third kappa shape index (κ3) is 4.66. The Bertz CT molecular complexity index is 765. The number of nitrogens with two attached hydrogens (primary N) is 1. The summed E-state index contributed by atoms with van der Waals surface area (Å²) in [6, 6.07) is -0.171. The van der Waals surface area contributed by atoms with Gasteiger partial charge in [0, 0.05) is 37.4 Å². The molecule has 3 N–H and O–H groups in total. The molecular formula is C16H25N5O3S. The van der Waals surface area contributed by atoms with Gasteiger partial charge < -0.3 is 10.2 Å². The molecule has 3 rings (SSSR count). The van der Waals surface area contributed by atoms with Crippen LogP contribution in [-0.4, -0.2) is 54.7 Å². The third-order valence-electron chi connectivity index (χ3n) is 4.85. The average Bonchev–Trinajstić information content (AvgIpc) is 3.14. The normalized spacial score (nSPS) is 19.9. The molecule has 1 aliphatic carbocycles. The molecule has 1 aliphatic heterocycles. The monoisotopic (exact) mass is 367 g/mol. The topological polar surface area (TPSA) is 118 Å². The largest absolute Gasteiger partial charge is 0.338 e. The van der Waals surface area contributed by atoms with Crippen molar-refractivity contribution >= 4 is 16.1 Å². The van der Waals surface area contributed by atoms with Crippen molar-refractivity contribution in [3.63, 3.8) is 0 Å². The minimum Gasteiger partial charge on any atom is -0.338 e. The summed E-state index contributed by atoms with van der Waals surface area (Å²) in [5, 5.41) is 7.94. The molecule has 2 heterocycles. The zero-order chi connectivity index (χ0) is 18.0. The Balaban J connectivity index is 1.47. The maximum Gasteiger partial charge on any atom is 0.317 e. The number of aryl methyl sites for hydroxylation is 2. The van der Waals surface area contributed by atoms with Gasteiger partial charge in [-0.3, -0.25) is 0 Å². The molecule has 0 radical (unpaired) electrons. The van der Waals surface area contributed by atoms with E-state index in [0.29, 0.717) is 32.5 Å². The number of sulfonamides is 1. The van der Waals surface area contributed by atoms with E-state index in [9.17, 15) is 13.2 Å². The zero-order valence-corrected chi connectivity index (χ0v) is 15.3. The molecule has 138 valence electrons. The van der Waals surface area contributed by atoms with Crippen molar-refractivity contribution in [1.29, 1.82) is 0 Å². The van der Waals surface area contributed by atoms with Crippen LogP contribution >= 0.6 is 0 Å². The van der Waals surface area contributed by atoms with Crippen LogP contribution in [-0.2, 0) is 29.3 Å². The van der Waals surface area contributed by atoms with Crippen LogP contribution in [0.1, 0.15) is 35.6 Å². The molecule has 1 aromatic heterocycles. The Morgan fingerprint density at radius 3 is 2.92 bits per heavy atom. The van der Waals surface area contributed by atoms with E-state index in [1.165, 1.54) is 5.56 Å². The van der Waals surface area contributed by atoms with Gasteiger partial charge >= 0.3 is 6.03 Å². The van der Waals surface area contributed by atoms with E-state index in [2.05, 4.69) is 15.3 Å². The molecule has 9 heteroatoms. The van der Waals surface area contributed by atoms with E-state index in [1.807, 2.05) is 6.92 Å². The maximum absolute atomic E-state index is 12.2. The van der Waals surface area contributed by atoms with Crippen molar-refractivity contribution in [3.05, 3.63) is 22.8 Å². The number of hydrogen-bond acceptors (Lipinski definition) is 5. The van der Waals surface area contributed by atoms with Crippen LogP contribution in [0.15, 0.2) is 0 Å². The highest BCUT2D eigenvalue weighted by Crippen LogP contribution is 2.22. The fourth-order valence-corrected chi connectivity index (χ4v) is 4.60. The van der Waals surface area contributed by atoms with Crippen LogP contribution in [0.2, 0.25) is 0 Å². The van der Waals surface area contributed by atoms with Crippen LogP contribution < -0.4 is 10.5 Å². The van der Waals surface area contributed by atoms with Crippen molar-refractivity contribution in [2.75, 3.05) is 25.4 Å². The smallest absolute Gasteiger partial charge is 0.317 e. The van der Waals surface area contributed by atoms with Gasteiger partial charge in [-0.05, 0) is 44.1 Å². The lowest BCUT2D eigenvalue weighted by Crippen LogP contribution is -2.40. The SMILES string of the molecule is Cc1nc(CCNC(=O)N2CC[C@H](CS(N)(=O)=O)C2)nc2c1CCC2. The summed E-state index contributed by atoms with van der Waals surface area (Å²) in [7, 11) is -3.49. The van der Waals surface area contributed by atoms with E-state index >= 15 is 0 Å². The van der Waals surface area contributed by atoms with Crippen molar-refractivity contribution in [2.45, 2.75) is 39.0 Å². The first-order chi connectivity index (χ1) is 11.8. The van der Waals surface area contributed by atoms with E-state index in [0.717, 1.165) is 36.5 Å². The summed E-state index contributed by atoms with van der Waals surface area (Å²) in [6.07, 6.45) is 4.47. The van der Waals surface area contributed by atoms with Crippen LogP contribution in [0.4, 0.5) is 4.79 Å². The number of urea groups is 1. The molecule has 0 spiro atoms. The van der Waals surface area contributed by atoms with Gasteiger partial charge in [-0.1, -0.05) is 0 Å². The molecular weight excluding hydrogens is 342 g/mol. The number of amides is 2. The maximum atomic E-state index is 12.2. The van der Waals surface area contributed by atoms with Crippen molar-refractivity contribution in [1.82, 2.24) is 20.2 Å². The van der Waals surface area contributed by atoms with Crippen molar-refractivity contribution in [2.24, 2.45) is 11.1 Å². The molecule has 1 aromatic rings. The van der Waals surface area contributed by atoms with Gasteiger partial charge in [0.1, 0.15) is 5.82 Å². The highest BCUT2D eigenvalue weighted by Gasteiger charge is 2.28. The average molecular weight is 367 g/mol. The number of aromatic nitrogens is 2. The second kappa shape index (κ2) is 7.25. The minimum atomic E-state index is -3.49. The number of rotatable bonds is 5. The van der Waals surface area contributed by atoms with Gasteiger partial charge in [0.15, 0.2) is 0 Å². The lowest BCUT2D eigenvalue weighted by Gasteiger charge is -2.17. The van der Waals surface area contributed by atoms with E-state index in [1.54, 1.807) is 4.90 Å². The molecule has 8 nitrogen and oxygen atoms in total. The molecule has 0 bridgehead atoms. The van der Waals surface area contributed by atoms with Crippen molar-refractivity contribution < 1.29 is 13.2 Å². The lowest BCUT2D eigenvalue weighted by atomic mass is 10.2. The molecule has 25 heavy (non-hydrogen) atoms. The quantitative estimate of drug-likeness (QED) is 0.767. The Kier molecular flexibility index (Phi) is 5.24. The van der Waals surface area contributed by atoms with Gasteiger partial charge in [0.2, 0.25) is 10.0 Å². The fourth-order valence-electron chi connectivity index (χ4n) is 3.67. The number of carbonyl (C=O) groups excluding carboxylic acids is 1. The number of nitrogens with zero attached hydrogens (tertiary/aromatic N) is 3. The molecule has 2 aliphatic rings. The summed E-state index contributed by atoms with van der Waals surface area (Å²) < 4.78 is 22.3. The first-order valence-corrected chi connectivity index (χ1v) is 10.4. The second-order valence-corrected chi connectivity index (χ2v) is 8.58. The van der Waals surface area contributed by atoms with Gasteiger partial charge in [-0.2, -0.15) is 0 Å². The number of nitrogens with one attached hydrogen (secondary N) is 1. The predicted molar refractivity (Wildman–Crippen MR) is 93.6 cm³/mol. The first kappa shape index (κ1) is 18.1. The summed E-state index contributed by atoms with van der Waals surface area (Å²) in [4.78, 5) is 23.0. The third-order valence-corrected chi connectivity index (χ3v) is 5.79. The molecule has 1 saturated heterocycles. The molecule has 2 amide bonds. The summed E-state index contributed by atoms with van der Waals surface area (Å²) in [6.45, 7) is 3.47. The molecule has 1 atom stereocenters. The number of likely N-dealkylation sites (tertiary alicyclic amines) is 1. The van der Waals surface area contributed by atoms with Crippen LogP contribution in [0.5, 0.6) is 0 Å². The second-order valence-electron chi connectivity index (χ2n) is 6.92. The Morgan fingerprint density at radius 1 is 1.36 bits per heavy atom. The van der Waals surface area contributed by atoms with E-state index in [-0.39, 0.29) is 17.7 Å². The summed E-state index contributed by atoms with van der Waals surface area (Å²) >= 11 is 0. The first-order valence-electron chi connectivity index (χ1n) is 8.70. The number of hydrogen-bond donors (Lipinski definition) is 2. The van der Waals surface area contributed by atoms with Crippen molar-refractivity contribution in [3.8, 4) is 0 Å². The molecule has 0 saturated carbocycles. The van der Waals surface area contributed by atoms with E-state index < -0.39 is 10.0 Å². The molecule has 1 fully saturated rings. The van der Waals surface area contributed by atoms with Gasteiger partial charge in [0.25, 0.3) is 0 Å². The summed E-state index contributed by atoms with van der Waals surface area (Å²) in [5.74, 6) is 0.620. The lowest BCUT2D eigenvalue weighted by molar-refractivity contribution is 0.207. The van der Waals surface area contributed by atoms with Crippen LogP contribution in [0.25, 0.3) is 0 Å². The Hall–Kier alpha value is -1.74. The van der Waals surface area contributed by atoms with Gasteiger partial charge in [0.05, 0.1) is 5.75 Å². The predicted octanol–water partition coefficient (Wildman–Crippen LogP) is 0.136. The Labute approximate surface area is 148 Å². The molecule has 0 aromatic carbocycles. The molecule has 0 unspecified atom stereocenters. The van der Waals surface area contributed by atoms with Crippen LogP contribution in [0.3, 0.4) is 0 Å². The van der Waals surface area contributed by atoms with Crippen LogP contribution in [0, 0.1) is 12.8 Å². The number of fused-ring (bicyclic) bond motifs is 1. The van der Waals surface area contributed by atoms with Gasteiger partial charge in [-0.15, -0.1) is 0 Å². The zero-order valence-electron chi connectivity index (χ0n) is 14.5. The summed E-state index contributed by atoms with van der Waals surface area (Å²) in [5.41, 5.74) is 3.49. The fraction of sp³-hybridized carbons (Fsp3) is 0.688. The van der Waals surface area contributed by atoms with E-state index in [4.69, 9.17) is 5.14 Å².